The summed E-state index contributed by atoms with van der Waals surface area (Å²) in [7, 11) is 1.88. The Morgan fingerprint density at radius 3 is 2.53 bits per heavy atom. The van der Waals surface area contributed by atoms with E-state index in [0.717, 1.165) is 5.69 Å². The zero-order valence-corrected chi connectivity index (χ0v) is 10.0. The maximum absolute atomic E-state index is 8.73. The van der Waals surface area contributed by atoms with Gasteiger partial charge in [-0.05, 0) is 36.4 Å². The maximum atomic E-state index is 8.73. The summed E-state index contributed by atoms with van der Waals surface area (Å²) in [5.74, 6) is 0.693. The van der Waals surface area contributed by atoms with Gasteiger partial charge in [-0.1, -0.05) is 11.6 Å². The van der Waals surface area contributed by atoms with Gasteiger partial charge >= 0.3 is 0 Å². The van der Waals surface area contributed by atoms with E-state index < -0.39 is 0 Å². The van der Waals surface area contributed by atoms with Crippen LogP contribution in [0, 0.1) is 11.3 Å². The van der Waals surface area contributed by atoms with E-state index in [1.54, 1.807) is 30.5 Å². The highest BCUT2D eigenvalue weighted by Gasteiger charge is 2.08. The third-order valence-corrected chi connectivity index (χ3v) is 2.74. The van der Waals surface area contributed by atoms with Crippen molar-refractivity contribution in [3.8, 4) is 6.07 Å². The Bertz CT molecular complexity index is 558. The number of pyridine rings is 1. The summed E-state index contributed by atoms with van der Waals surface area (Å²) in [6.07, 6.45) is 1.70. The van der Waals surface area contributed by atoms with Crippen LogP contribution in [-0.2, 0) is 0 Å². The summed E-state index contributed by atoms with van der Waals surface area (Å²) in [5.41, 5.74) is 1.57. The highest BCUT2D eigenvalue weighted by molar-refractivity contribution is 6.33. The van der Waals surface area contributed by atoms with Crippen LogP contribution in [-0.4, -0.2) is 12.0 Å². The molecule has 0 amide bonds. The first-order valence-corrected chi connectivity index (χ1v) is 5.44. The van der Waals surface area contributed by atoms with Gasteiger partial charge in [-0.25, -0.2) is 4.98 Å². The molecule has 1 aromatic carbocycles. The van der Waals surface area contributed by atoms with Crippen molar-refractivity contribution in [1.29, 1.82) is 5.26 Å². The molecule has 1 heterocycles. The Morgan fingerprint density at radius 1 is 1.24 bits per heavy atom. The molecule has 0 spiro atoms. The third-order valence-electron chi connectivity index (χ3n) is 2.44. The summed E-state index contributed by atoms with van der Waals surface area (Å²) < 4.78 is 0. The van der Waals surface area contributed by atoms with Crippen LogP contribution < -0.4 is 4.90 Å². The van der Waals surface area contributed by atoms with Crippen LogP contribution in [0.15, 0.2) is 42.6 Å². The van der Waals surface area contributed by atoms with Crippen molar-refractivity contribution >= 4 is 23.1 Å². The first kappa shape index (κ1) is 11.4. The molecular weight excluding hydrogens is 234 g/mol. The fraction of sp³-hybridized carbons (Fsp3) is 0.0769. The number of hydrogen-bond donors (Lipinski definition) is 0. The molecule has 0 aliphatic carbocycles. The smallest absolute Gasteiger partial charge is 0.151 e. The minimum atomic E-state index is 0.597. The zero-order valence-electron chi connectivity index (χ0n) is 9.26. The molecule has 3 nitrogen and oxygen atoms in total. The van der Waals surface area contributed by atoms with E-state index in [0.29, 0.717) is 16.4 Å². The molecule has 0 bridgehead atoms. The Kier molecular flexibility index (Phi) is 3.27. The average Bonchev–Trinajstić information content (AvgIpc) is 2.39. The van der Waals surface area contributed by atoms with Crippen LogP contribution in [0.5, 0.6) is 0 Å². The number of nitrogens with zero attached hydrogens (tertiary/aromatic N) is 3. The zero-order chi connectivity index (χ0) is 12.3. The van der Waals surface area contributed by atoms with Crippen LogP contribution in [0.3, 0.4) is 0 Å². The Hall–Kier alpha value is -2.05. The SMILES string of the molecule is CN(c1ccc(C#N)cc1)c1ncccc1Cl. The molecule has 17 heavy (non-hydrogen) atoms. The molecule has 0 saturated carbocycles. The molecule has 1 aromatic heterocycles. The molecule has 2 aromatic rings. The van der Waals surface area contributed by atoms with Crippen LogP contribution in [0.25, 0.3) is 0 Å². The van der Waals surface area contributed by atoms with Crippen molar-refractivity contribution in [2.45, 2.75) is 0 Å². The molecule has 84 valence electrons. The second-order valence-electron chi connectivity index (χ2n) is 3.53. The lowest BCUT2D eigenvalue weighted by atomic mass is 10.2. The number of nitriles is 1. The molecule has 0 saturated heterocycles. The van der Waals surface area contributed by atoms with Crippen molar-refractivity contribution in [3.63, 3.8) is 0 Å². The van der Waals surface area contributed by atoms with E-state index in [4.69, 9.17) is 16.9 Å². The van der Waals surface area contributed by atoms with Crippen LogP contribution in [0.2, 0.25) is 5.02 Å². The predicted molar refractivity (Wildman–Crippen MR) is 68.5 cm³/mol. The second-order valence-corrected chi connectivity index (χ2v) is 3.93. The molecule has 0 radical (unpaired) electrons. The van der Waals surface area contributed by atoms with Gasteiger partial charge in [0.05, 0.1) is 16.7 Å². The molecule has 4 heteroatoms. The Morgan fingerprint density at radius 2 is 1.94 bits per heavy atom. The van der Waals surface area contributed by atoms with Crippen molar-refractivity contribution < 1.29 is 0 Å². The topological polar surface area (TPSA) is 39.9 Å². The number of halogens is 1. The quantitative estimate of drug-likeness (QED) is 0.812. The predicted octanol–water partition coefficient (Wildman–Crippen LogP) is 3.37. The van der Waals surface area contributed by atoms with E-state index in [2.05, 4.69) is 11.1 Å². The van der Waals surface area contributed by atoms with E-state index in [1.807, 2.05) is 24.1 Å². The number of anilines is 2. The van der Waals surface area contributed by atoms with Gasteiger partial charge in [-0.3, -0.25) is 0 Å². The molecule has 0 aliphatic heterocycles. The molecule has 0 unspecified atom stereocenters. The van der Waals surface area contributed by atoms with Gasteiger partial charge in [0.15, 0.2) is 5.82 Å². The van der Waals surface area contributed by atoms with Crippen molar-refractivity contribution in [3.05, 3.63) is 53.2 Å². The largest absolute Gasteiger partial charge is 0.328 e. The fourth-order valence-electron chi connectivity index (χ4n) is 1.51. The lowest BCUT2D eigenvalue weighted by Gasteiger charge is -2.19. The Balaban J connectivity index is 2.34. The first-order valence-electron chi connectivity index (χ1n) is 5.07. The Labute approximate surface area is 105 Å². The average molecular weight is 244 g/mol. The van der Waals surface area contributed by atoms with Crippen molar-refractivity contribution in [2.24, 2.45) is 0 Å². The molecule has 0 fully saturated rings. The van der Waals surface area contributed by atoms with Gasteiger partial charge in [0.25, 0.3) is 0 Å². The summed E-state index contributed by atoms with van der Waals surface area (Å²) in [6.45, 7) is 0. The molecule has 0 N–H and O–H groups in total. The molecular formula is C13H10ClN3. The van der Waals surface area contributed by atoms with E-state index in [1.165, 1.54) is 0 Å². The van der Waals surface area contributed by atoms with Gasteiger partial charge in [0.1, 0.15) is 0 Å². The number of aromatic nitrogens is 1. The van der Waals surface area contributed by atoms with Gasteiger partial charge in [0, 0.05) is 18.9 Å². The van der Waals surface area contributed by atoms with Crippen molar-refractivity contribution in [2.75, 3.05) is 11.9 Å². The van der Waals surface area contributed by atoms with Crippen LogP contribution in [0.1, 0.15) is 5.56 Å². The summed E-state index contributed by atoms with van der Waals surface area (Å²) in [5, 5.41) is 9.33. The van der Waals surface area contributed by atoms with E-state index >= 15 is 0 Å². The van der Waals surface area contributed by atoms with E-state index in [-0.39, 0.29) is 0 Å². The standard InChI is InChI=1S/C13H10ClN3/c1-17(13-12(14)3-2-8-16-13)11-6-4-10(9-15)5-7-11/h2-8H,1H3. The maximum Gasteiger partial charge on any atom is 0.151 e. The molecule has 0 atom stereocenters. The number of hydrogen-bond acceptors (Lipinski definition) is 3. The van der Waals surface area contributed by atoms with Crippen LogP contribution in [0.4, 0.5) is 11.5 Å². The highest BCUT2D eigenvalue weighted by Crippen LogP contribution is 2.27. The molecule has 2 rings (SSSR count). The normalized spacial score (nSPS) is 9.71. The second kappa shape index (κ2) is 4.86. The summed E-state index contributed by atoms with van der Waals surface area (Å²) in [6, 6.07) is 12.9. The number of benzene rings is 1. The lowest BCUT2D eigenvalue weighted by molar-refractivity contribution is 1.13. The summed E-state index contributed by atoms with van der Waals surface area (Å²) >= 11 is 6.07. The highest BCUT2D eigenvalue weighted by atomic mass is 35.5. The summed E-state index contributed by atoms with van der Waals surface area (Å²) in [4.78, 5) is 6.10. The van der Waals surface area contributed by atoms with Gasteiger partial charge in [-0.15, -0.1) is 0 Å². The lowest BCUT2D eigenvalue weighted by Crippen LogP contribution is -2.11. The third kappa shape index (κ3) is 2.38. The van der Waals surface area contributed by atoms with Crippen LogP contribution >= 0.6 is 11.6 Å². The van der Waals surface area contributed by atoms with E-state index in [9.17, 15) is 0 Å². The molecule has 0 aliphatic rings. The van der Waals surface area contributed by atoms with Crippen molar-refractivity contribution in [1.82, 2.24) is 4.98 Å². The minimum Gasteiger partial charge on any atom is -0.328 e. The monoisotopic (exact) mass is 243 g/mol. The minimum absolute atomic E-state index is 0.597. The first-order chi connectivity index (χ1) is 8.22. The fourth-order valence-corrected chi connectivity index (χ4v) is 1.75. The number of rotatable bonds is 2. The van der Waals surface area contributed by atoms with Gasteiger partial charge in [-0.2, -0.15) is 5.26 Å². The van der Waals surface area contributed by atoms with Gasteiger partial charge < -0.3 is 4.90 Å². The van der Waals surface area contributed by atoms with Gasteiger partial charge in [0.2, 0.25) is 0 Å².